The van der Waals surface area contributed by atoms with Crippen LogP contribution in [0, 0.1) is 29.1 Å². The van der Waals surface area contributed by atoms with Gasteiger partial charge in [-0.05, 0) is 161 Å². The van der Waals surface area contributed by atoms with Crippen molar-refractivity contribution in [2.45, 2.75) is 141 Å². The molecule has 5 aliphatic heterocycles. The number of likely N-dealkylation sites (tertiary alicyclic amines) is 1. The molecular weight excluding hydrogens is 908 g/mol. The molecule has 0 unspecified atom stereocenters. The summed E-state index contributed by atoms with van der Waals surface area (Å²) in [5.74, 6) is 2.78. The number of ether oxygens (including phenoxy) is 1. The highest BCUT2D eigenvalue weighted by atomic mass is 35.5. The van der Waals surface area contributed by atoms with Crippen LogP contribution in [0.15, 0.2) is 54.9 Å². The van der Waals surface area contributed by atoms with Crippen LogP contribution in [0.3, 0.4) is 0 Å². The fraction of sp³-hybridized carbons (Fsp3) is 0.571. The van der Waals surface area contributed by atoms with Gasteiger partial charge in [-0.2, -0.15) is 15.5 Å². The molecule has 2 spiro atoms. The van der Waals surface area contributed by atoms with Gasteiger partial charge in [0.15, 0.2) is 11.6 Å². The topological polar surface area (TPSA) is 128 Å². The zero-order valence-corrected chi connectivity index (χ0v) is 42.9. The van der Waals surface area contributed by atoms with Crippen LogP contribution in [-0.4, -0.2) is 109 Å². The summed E-state index contributed by atoms with van der Waals surface area (Å²) in [5.41, 5.74) is 11.2. The largest absolute Gasteiger partial charge is 0.473 e. The minimum Gasteiger partial charge on any atom is -0.473 e. The first-order valence-corrected chi connectivity index (χ1v) is 27.0. The van der Waals surface area contributed by atoms with Crippen LogP contribution in [-0.2, 0) is 31.2 Å². The SMILES string of the molecule is CC(=O)N1CCc2c(c(N3CCCc4cc(-c5cnn(C)c5)c(C)cc43)nn2C2CCC(N3CC4(CCC(Oc5ccc(N6CCC7(CC6)C[C@H](C)N(c6ccc(C#N)c(Cl)c6)C7)nn5)CC4)C3)CC2)C1. The molecule has 3 aromatic heterocycles. The third-order valence-corrected chi connectivity index (χ3v) is 18.5. The number of fused-ring (bicyclic) bond motifs is 2. The quantitative estimate of drug-likeness (QED) is 0.148. The van der Waals surface area contributed by atoms with Gasteiger partial charge in [-0.3, -0.25) is 19.1 Å². The number of anilines is 4. The number of amides is 1. The molecule has 8 heterocycles. The highest BCUT2D eigenvalue weighted by Gasteiger charge is 2.49. The van der Waals surface area contributed by atoms with Crippen molar-refractivity contribution >= 4 is 40.5 Å². The predicted molar refractivity (Wildman–Crippen MR) is 277 cm³/mol. The summed E-state index contributed by atoms with van der Waals surface area (Å²) in [6.45, 7) is 13.9. The first-order chi connectivity index (χ1) is 34.4. The Balaban J connectivity index is 0.627. The van der Waals surface area contributed by atoms with E-state index in [1.54, 1.807) is 6.92 Å². The van der Waals surface area contributed by atoms with Gasteiger partial charge < -0.3 is 24.3 Å². The molecule has 5 fully saturated rings. The van der Waals surface area contributed by atoms with Gasteiger partial charge in [0.1, 0.15) is 12.2 Å². The first kappa shape index (κ1) is 46.4. The molecule has 5 aromatic rings. The number of rotatable bonds is 8. The van der Waals surface area contributed by atoms with Crippen LogP contribution >= 0.6 is 11.6 Å². The number of carbonyl (C=O) groups is 1. The van der Waals surface area contributed by atoms with E-state index in [0.29, 0.717) is 46.6 Å². The van der Waals surface area contributed by atoms with Gasteiger partial charge in [0, 0.05) is 119 Å². The van der Waals surface area contributed by atoms with Crippen LogP contribution in [0.2, 0.25) is 5.02 Å². The van der Waals surface area contributed by atoms with Crippen molar-refractivity contribution in [3.63, 3.8) is 0 Å². The summed E-state index contributed by atoms with van der Waals surface area (Å²) in [6.07, 6.45) is 19.9. The Bertz CT molecular complexity index is 2840. The zero-order valence-electron chi connectivity index (χ0n) is 42.1. The van der Waals surface area contributed by atoms with Gasteiger partial charge in [-0.15, -0.1) is 10.2 Å². The lowest BCUT2D eigenvalue weighted by atomic mass is 9.67. The fourth-order valence-corrected chi connectivity index (χ4v) is 14.4. The van der Waals surface area contributed by atoms with Gasteiger partial charge in [0.25, 0.3) is 0 Å². The Labute approximate surface area is 423 Å². The van der Waals surface area contributed by atoms with Crippen molar-refractivity contribution in [3.05, 3.63) is 87.8 Å². The Morgan fingerprint density at radius 2 is 1.68 bits per heavy atom. The van der Waals surface area contributed by atoms with Crippen LogP contribution in [0.1, 0.15) is 125 Å². The number of halogens is 1. The summed E-state index contributed by atoms with van der Waals surface area (Å²) in [6, 6.07) is 18.3. The summed E-state index contributed by atoms with van der Waals surface area (Å²) >= 11 is 6.42. The maximum atomic E-state index is 12.8. The van der Waals surface area contributed by atoms with E-state index in [4.69, 9.17) is 21.4 Å². The third kappa shape index (κ3) is 8.72. The number of piperidine rings is 1. The van der Waals surface area contributed by atoms with Gasteiger partial charge in [-0.1, -0.05) is 11.6 Å². The second kappa shape index (κ2) is 18.4. The molecule has 3 saturated heterocycles. The molecule has 14 nitrogen and oxygen atoms in total. The summed E-state index contributed by atoms with van der Waals surface area (Å²) < 4.78 is 10.8. The second-order valence-corrected chi connectivity index (χ2v) is 23.1. The molecule has 15 heteroatoms. The zero-order chi connectivity index (χ0) is 48.6. The number of benzene rings is 2. The molecule has 0 N–H and O–H groups in total. The van der Waals surface area contributed by atoms with Gasteiger partial charge in [-0.25, -0.2) is 0 Å². The normalized spacial score (nSPS) is 24.2. The smallest absolute Gasteiger partial charge is 0.233 e. The van der Waals surface area contributed by atoms with Crippen LogP contribution in [0.5, 0.6) is 5.88 Å². The van der Waals surface area contributed by atoms with Crippen LogP contribution in [0.4, 0.5) is 23.0 Å². The van der Waals surface area contributed by atoms with Crippen molar-refractivity contribution in [3.8, 4) is 23.1 Å². The minimum atomic E-state index is 0.141. The lowest BCUT2D eigenvalue weighted by Gasteiger charge is -2.57. The lowest BCUT2D eigenvalue weighted by Crippen LogP contribution is -2.61. The maximum absolute atomic E-state index is 12.8. The van der Waals surface area contributed by atoms with E-state index in [0.717, 1.165) is 120 Å². The molecule has 12 rings (SSSR count). The highest BCUT2D eigenvalue weighted by molar-refractivity contribution is 6.32. The second-order valence-electron chi connectivity index (χ2n) is 22.7. The molecule has 0 radical (unpaired) electrons. The third-order valence-electron chi connectivity index (χ3n) is 18.2. The van der Waals surface area contributed by atoms with E-state index in [1.165, 1.54) is 72.4 Å². The molecule has 7 aliphatic rings. The van der Waals surface area contributed by atoms with Crippen molar-refractivity contribution in [1.29, 1.82) is 5.26 Å². The average molecular weight is 978 g/mol. The Kier molecular flexibility index (Phi) is 12.1. The number of aromatic nitrogens is 6. The van der Waals surface area contributed by atoms with Gasteiger partial charge >= 0.3 is 0 Å². The minimum absolute atomic E-state index is 0.141. The first-order valence-electron chi connectivity index (χ1n) is 26.6. The standard InChI is InChI=1S/C56H69ClN12O2/c1-37-26-51-40(27-47(37)42-31-59-63(4)32-42)6-5-22-67(51)54-48-33-65(39(3)70)23-17-50(48)69(62-54)44-11-9-43(10-12-44)66-34-56(35-66)18-15-46(16-19-56)71-53-14-13-52(60-61-53)64-24-20-55(21-25-64)29-38(2)68(36-55)45-8-7-41(30-58)49(57)28-45/h7-8,13-14,26-28,31-32,38,43-44,46H,5-6,9-12,15-25,29,33-36H2,1-4H3/t38-,43?,44?/m0/s1. The number of nitriles is 1. The molecule has 1 amide bonds. The molecule has 2 aromatic carbocycles. The Morgan fingerprint density at radius 3 is 2.38 bits per heavy atom. The van der Waals surface area contributed by atoms with E-state index in [2.05, 4.69) is 83.9 Å². The van der Waals surface area contributed by atoms with Crippen molar-refractivity contribution in [2.24, 2.45) is 17.9 Å². The molecular formula is C56H69ClN12O2. The average Bonchev–Trinajstić information content (AvgIpc) is 4.08. The Hall–Kier alpha value is -5.65. The monoisotopic (exact) mass is 977 g/mol. The number of hydrogen-bond donors (Lipinski definition) is 0. The van der Waals surface area contributed by atoms with Crippen molar-refractivity contribution < 1.29 is 9.53 Å². The highest BCUT2D eigenvalue weighted by Crippen LogP contribution is 2.49. The maximum Gasteiger partial charge on any atom is 0.233 e. The van der Waals surface area contributed by atoms with Crippen LogP contribution in [0.25, 0.3) is 11.1 Å². The van der Waals surface area contributed by atoms with E-state index >= 15 is 0 Å². The van der Waals surface area contributed by atoms with E-state index in [-0.39, 0.29) is 17.4 Å². The van der Waals surface area contributed by atoms with E-state index in [1.807, 2.05) is 47.1 Å². The molecule has 2 saturated carbocycles. The predicted octanol–water partition coefficient (Wildman–Crippen LogP) is 9.59. The van der Waals surface area contributed by atoms with E-state index in [9.17, 15) is 10.1 Å². The summed E-state index contributed by atoms with van der Waals surface area (Å²) in [4.78, 5) is 24.9. The Morgan fingerprint density at radius 1 is 0.887 bits per heavy atom. The number of carbonyl (C=O) groups excluding carboxylic acids is 1. The van der Waals surface area contributed by atoms with Crippen molar-refractivity contribution in [2.75, 3.05) is 60.5 Å². The summed E-state index contributed by atoms with van der Waals surface area (Å²) in [5, 5.41) is 29.1. The molecule has 372 valence electrons. The van der Waals surface area contributed by atoms with Crippen molar-refractivity contribution in [1.82, 2.24) is 39.6 Å². The van der Waals surface area contributed by atoms with Crippen LogP contribution < -0.4 is 19.4 Å². The number of aryl methyl sites for hydroxylation is 3. The lowest BCUT2D eigenvalue weighted by molar-refractivity contribution is -0.129. The van der Waals surface area contributed by atoms with Gasteiger partial charge in [0.2, 0.25) is 11.8 Å². The fourth-order valence-electron chi connectivity index (χ4n) is 14.1. The van der Waals surface area contributed by atoms with E-state index < -0.39 is 0 Å². The van der Waals surface area contributed by atoms with Gasteiger partial charge in [0.05, 0.1) is 29.4 Å². The number of nitrogens with zero attached hydrogens (tertiary/aromatic N) is 12. The number of hydrogen-bond acceptors (Lipinski definition) is 11. The molecule has 0 bridgehead atoms. The summed E-state index contributed by atoms with van der Waals surface area (Å²) in [7, 11) is 1.98. The molecule has 2 aliphatic carbocycles. The molecule has 71 heavy (non-hydrogen) atoms. The molecule has 1 atom stereocenters.